The molecule has 0 bridgehead atoms. The Bertz CT molecular complexity index is 955. The summed E-state index contributed by atoms with van der Waals surface area (Å²) in [5, 5.41) is 5.89. The zero-order chi connectivity index (χ0) is 23.1. The van der Waals surface area contributed by atoms with Crippen LogP contribution >= 0.6 is 0 Å². The molecule has 8 heteroatoms. The number of nitrogens with zero attached hydrogens (tertiary/aromatic N) is 1. The SMILES string of the molecule is COc1ccc(NC(=O)C2CCN(CC(=O)Nc3ccc(OC)c(OC)c3)CC2)cc1C. The summed E-state index contributed by atoms with van der Waals surface area (Å²) >= 11 is 0. The highest BCUT2D eigenvalue weighted by atomic mass is 16.5. The van der Waals surface area contributed by atoms with E-state index < -0.39 is 0 Å². The summed E-state index contributed by atoms with van der Waals surface area (Å²) < 4.78 is 15.8. The summed E-state index contributed by atoms with van der Waals surface area (Å²) in [7, 11) is 4.75. The van der Waals surface area contributed by atoms with Crippen LogP contribution in [0.5, 0.6) is 17.2 Å². The average molecular weight is 442 g/mol. The summed E-state index contributed by atoms with van der Waals surface area (Å²) in [5.74, 6) is 1.81. The Kier molecular flexibility index (Phi) is 7.94. The minimum Gasteiger partial charge on any atom is -0.496 e. The second kappa shape index (κ2) is 10.9. The molecule has 2 aromatic rings. The normalized spacial score (nSPS) is 14.5. The number of anilines is 2. The number of rotatable bonds is 8. The Morgan fingerprint density at radius 1 is 0.875 bits per heavy atom. The van der Waals surface area contributed by atoms with Crippen molar-refractivity contribution in [2.45, 2.75) is 19.8 Å². The third-order valence-electron chi connectivity index (χ3n) is 5.66. The first-order valence-electron chi connectivity index (χ1n) is 10.6. The number of hydrogen-bond donors (Lipinski definition) is 2. The Morgan fingerprint density at radius 2 is 1.47 bits per heavy atom. The molecule has 1 fully saturated rings. The van der Waals surface area contributed by atoms with Crippen molar-refractivity contribution < 1.29 is 23.8 Å². The van der Waals surface area contributed by atoms with Crippen LogP contribution in [0.2, 0.25) is 0 Å². The molecule has 1 aliphatic heterocycles. The zero-order valence-electron chi connectivity index (χ0n) is 19.1. The molecule has 1 heterocycles. The van der Waals surface area contributed by atoms with Gasteiger partial charge < -0.3 is 24.8 Å². The van der Waals surface area contributed by atoms with E-state index in [4.69, 9.17) is 14.2 Å². The Hall–Kier alpha value is -3.26. The summed E-state index contributed by atoms with van der Waals surface area (Å²) in [5.41, 5.74) is 2.39. The van der Waals surface area contributed by atoms with Gasteiger partial charge in [0.05, 0.1) is 27.9 Å². The van der Waals surface area contributed by atoms with Gasteiger partial charge in [-0.2, -0.15) is 0 Å². The number of piperidine rings is 1. The molecule has 2 aromatic carbocycles. The van der Waals surface area contributed by atoms with E-state index in [1.54, 1.807) is 39.5 Å². The molecule has 1 saturated heterocycles. The molecule has 32 heavy (non-hydrogen) atoms. The molecule has 0 unspecified atom stereocenters. The molecule has 2 amide bonds. The van der Waals surface area contributed by atoms with Crippen molar-refractivity contribution in [1.82, 2.24) is 4.90 Å². The van der Waals surface area contributed by atoms with Gasteiger partial charge in [-0.15, -0.1) is 0 Å². The van der Waals surface area contributed by atoms with Gasteiger partial charge in [-0.05, 0) is 68.8 Å². The summed E-state index contributed by atoms with van der Waals surface area (Å²) in [4.78, 5) is 27.2. The number of likely N-dealkylation sites (tertiary alicyclic amines) is 1. The van der Waals surface area contributed by atoms with E-state index in [-0.39, 0.29) is 24.3 Å². The predicted octanol–water partition coefficient (Wildman–Crippen LogP) is 3.31. The number of benzene rings is 2. The van der Waals surface area contributed by atoms with Crippen molar-refractivity contribution in [3.8, 4) is 17.2 Å². The number of nitrogens with one attached hydrogen (secondary N) is 2. The number of amides is 2. The van der Waals surface area contributed by atoms with Crippen molar-refractivity contribution in [2.24, 2.45) is 5.92 Å². The van der Waals surface area contributed by atoms with Crippen LogP contribution in [0.15, 0.2) is 36.4 Å². The fourth-order valence-electron chi connectivity index (χ4n) is 3.87. The first-order chi connectivity index (χ1) is 15.4. The maximum absolute atomic E-state index is 12.7. The van der Waals surface area contributed by atoms with Crippen molar-refractivity contribution in [3.63, 3.8) is 0 Å². The quantitative estimate of drug-likeness (QED) is 0.653. The van der Waals surface area contributed by atoms with Crippen LogP contribution in [0.4, 0.5) is 11.4 Å². The molecule has 8 nitrogen and oxygen atoms in total. The largest absolute Gasteiger partial charge is 0.496 e. The number of aryl methyl sites for hydroxylation is 1. The molecule has 0 aliphatic carbocycles. The van der Waals surface area contributed by atoms with Gasteiger partial charge in [-0.25, -0.2) is 0 Å². The fraction of sp³-hybridized carbons (Fsp3) is 0.417. The molecule has 2 N–H and O–H groups in total. The maximum Gasteiger partial charge on any atom is 0.238 e. The van der Waals surface area contributed by atoms with Crippen LogP contribution in [-0.2, 0) is 9.59 Å². The molecule has 0 saturated carbocycles. The van der Waals surface area contributed by atoms with Gasteiger partial charge in [0.2, 0.25) is 11.8 Å². The third-order valence-corrected chi connectivity index (χ3v) is 5.66. The van der Waals surface area contributed by atoms with Gasteiger partial charge in [0.25, 0.3) is 0 Å². The minimum atomic E-state index is -0.103. The second-order valence-electron chi connectivity index (χ2n) is 7.84. The first-order valence-corrected chi connectivity index (χ1v) is 10.6. The van der Waals surface area contributed by atoms with Gasteiger partial charge in [-0.3, -0.25) is 14.5 Å². The van der Waals surface area contributed by atoms with Crippen LogP contribution in [0.25, 0.3) is 0 Å². The van der Waals surface area contributed by atoms with E-state index in [2.05, 4.69) is 15.5 Å². The Morgan fingerprint density at radius 3 is 2.06 bits per heavy atom. The van der Waals surface area contributed by atoms with Crippen molar-refractivity contribution in [1.29, 1.82) is 0 Å². The van der Waals surface area contributed by atoms with Crippen molar-refractivity contribution in [2.75, 3.05) is 51.6 Å². The number of methoxy groups -OCH3 is 3. The molecule has 3 rings (SSSR count). The van der Waals surface area contributed by atoms with E-state index in [1.165, 1.54) is 0 Å². The third kappa shape index (κ3) is 5.91. The monoisotopic (exact) mass is 441 g/mol. The first kappa shape index (κ1) is 23.4. The molecule has 172 valence electrons. The van der Waals surface area contributed by atoms with Crippen LogP contribution < -0.4 is 24.8 Å². The van der Waals surface area contributed by atoms with Gasteiger partial charge in [0.1, 0.15) is 5.75 Å². The van der Waals surface area contributed by atoms with Crippen LogP contribution in [0, 0.1) is 12.8 Å². The zero-order valence-corrected chi connectivity index (χ0v) is 19.1. The predicted molar refractivity (Wildman–Crippen MR) is 124 cm³/mol. The molecule has 0 radical (unpaired) electrons. The van der Waals surface area contributed by atoms with E-state index in [1.807, 2.05) is 25.1 Å². The van der Waals surface area contributed by atoms with Gasteiger partial charge in [0, 0.05) is 23.4 Å². The lowest BCUT2D eigenvalue weighted by molar-refractivity contribution is -0.121. The Balaban J connectivity index is 1.46. The highest BCUT2D eigenvalue weighted by Crippen LogP contribution is 2.30. The van der Waals surface area contributed by atoms with E-state index in [9.17, 15) is 9.59 Å². The summed E-state index contributed by atoms with van der Waals surface area (Å²) in [6.45, 7) is 3.61. The lowest BCUT2D eigenvalue weighted by Crippen LogP contribution is -2.41. The minimum absolute atomic E-state index is 0.0176. The number of carbonyl (C=O) groups is 2. The molecule has 1 aliphatic rings. The molecule has 0 atom stereocenters. The summed E-state index contributed by atoms with van der Waals surface area (Å²) in [6.07, 6.45) is 1.43. The molecular formula is C24H31N3O5. The highest BCUT2D eigenvalue weighted by molar-refractivity contribution is 5.93. The van der Waals surface area contributed by atoms with Gasteiger partial charge >= 0.3 is 0 Å². The Labute approximate surface area is 188 Å². The topological polar surface area (TPSA) is 89.1 Å². The lowest BCUT2D eigenvalue weighted by atomic mass is 9.95. The molecule has 0 aromatic heterocycles. The van der Waals surface area contributed by atoms with Crippen molar-refractivity contribution in [3.05, 3.63) is 42.0 Å². The second-order valence-corrected chi connectivity index (χ2v) is 7.84. The smallest absolute Gasteiger partial charge is 0.238 e. The van der Waals surface area contributed by atoms with E-state index >= 15 is 0 Å². The van der Waals surface area contributed by atoms with Crippen LogP contribution in [-0.4, -0.2) is 57.7 Å². The van der Waals surface area contributed by atoms with E-state index in [0.29, 0.717) is 43.1 Å². The number of hydrogen-bond acceptors (Lipinski definition) is 6. The van der Waals surface area contributed by atoms with Crippen molar-refractivity contribution >= 4 is 23.2 Å². The maximum atomic E-state index is 12.7. The number of carbonyl (C=O) groups excluding carboxylic acids is 2. The van der Waals surface area contributed by atoms with E-state index in [0.717, 1.165) is 17.0 Å². The standard InChI is InChI=1S/C24H31N3O5/c1-16-13-18(5-7-20(16)30-2)26-24(29)17-9-11-27(12-10-17)15-23(28)25-19-6-8-21(31-3)22(14-19)32-4/h5-8,13-14,17H,9-12,15H2,1-4H3,(H,25,28)(H,26,29). The molecule has 0 spiro atoms. The van der Waals surface area contributed by atoms with Gasteiger partial charge in [-0.1, -0.05) is 0 Å². The highest BCUT2D eigenvalue weighted by Gasteiger charge is 2.26. The van der Waals surface area contributed by atoms with Gasteiger partial charge in [0.15, 0.2) is 11.5 Å². The van der Waals surface area contributed by atoms with Crippen LogP contribution in [0.1, 0.15) is 18.4 Å². The lowest BCUT2D eigenvalue weighted by Gasteiger charge is -2.30. The van der Waals surface area contributed by atoms with Crippen LogP contribution in [0.3, 0.4) is 0 Å². The molecular weight excluding hydrogens is 410 g/mol. The average Bonchev–Trinajstić information content (AvgIpc) is 2.79. The fourth-order valence-corrected chi connectivity index (χ4v) is 3.87. The number of ether oxygens (including phenoxy) is 3. The summed E-state index contributed by atoms with van der Waals surface area (Å²) in [6, 6.07) is 10.9.